The van der Waals surface area contributed by atoms with E-state index >= 15 is 0 Å². The topological polar surface area (TPSA) is 15.3 Å². The summed E-state index contributed by atoms with van der Waals surface area (Å²) in [4.78, 5) is 2.61. The van der Waals surface area contributed by atoms with Gasteiger partial charge in [0.25, 0.3) is 0 Å². The van der Waals surface area contributed by atoms with Crippen molar-refractivity contribution in [3.8, 4) is 0 Å². The van der Waals surface area contributed by atoms with Crippen molar-refractivity contribution >= 4 is 5.69 Å². The van der Waals surface area contributed by atoms with E-state index in [-0.39, 0.29) is 0 Å². The normalized spacial score (nSPS) is 16.6. The molecule has 0 spiro atoms. The van der Waals surface area contributed by atoms with Crippen LogP contribution in [0.3, 0.4) is 0 Å². The number of nitrogens with zero attached hydrogens (tertiary/aromatic N) is 1. The van der Waals surface area contributed by atoms with Gasteiger partial charge >= 0.3 is 0 Å². The Morgan fingerprint density at radius 3 is 2.26 bits per heavy atom. The Bertz CT molecular complexity index is 383. The second kappa shape index (κ2) is 6.95. The highest BCUT2D eigenvalue weighted by atomic mass is 15.1. The Morgan fingerprint density at radius 2 is 1.63 bits per heavy atom. The molecule has 1 aliphatic heterocycles. The van der Waals surface area contributed by atoms with E-state index in [0.717, 1.165) is 6.54 Å². The first-order valence-corrected chi connectivity index (χ1v) is 7.71. The van der Waals surface area contributed by atoms with Gasteiger partial charge in [-0.25, -0.2) is 0 Å². The summed E-state index contributed by atoms with van der Waals surface area (Å²) in [5.41, 5.74) is 5.43. The molecule has 1 aromatic carbocycles. The zero-order valence-corrected chi connectivity index (χ0v) is 12.8. The Kier molecular flexibility index (Phi) is 5.26. The fraction of sp³-hybridized carbons (Fsp3) is 0.647. The maximum atomic E-state index is 3.62. The molecule has 1 fully saturated rings. The van der Waals surface area contributed by atoms with E-state index < -0.39 is 0 Å². The maximum Gasteiger partial charge on any atom is 0.0399 e. The zero-order chi connectivity index (χ0) is 13.7. The fourth-order valence-corrected chi connectivity index (χ4v) is 3.16. The minimum atomic E-state index is 1.08. The Labute approximate surface area is 118 Å². The highest BCUT2D eigenvalue weighted by Gasteiger charge is 2.09. The van der Waals surface area contributed by atoms with Gasteiger partial charge in [0.1, 0.15) is 0 Å². The van der Waals surface area contributed by atoms with Crippen LogP contribution in [-0.4, -0.2) is 31.1 Å². The molecule has 0 saturated carbocycles. The minimum Gasteiger partial charge on any atom is -0.385 e. The molecule has 2 heteroatoms. The second-order valence-electron chi connectivity index (χ2n) is 5.96. The molecule has 0 amide bonds. The van der Waals surface area contributed by atoms with Crippen molar-refractivity contribution in [2.75, 3.05) is 31.5 Å². The summed E-state index contributed by atoms with van der Waals surface area (Å²) >= 11 is 0. The van der Waals surface area contributed by atoms with Gasteiger partial charge in [-0.15, -0.1) is 0 Å². The van der Waals surface area contributed by atoms with Crippen LogP contribution in [-0.2, 0) is 0 Å². The monoisotopic (exact) mass is 260 g/mol. The quantitative estimate of drug-likeness (QED) is 0.808. The molecule has 2 rings (SSSR count). The van der Waals surface area contributed by atoms with E-state index in [4.69, 9.17) is 0 Å². The van der Waals surface area contributed by atoms with E-state index in [1.54, 1.807) is 0 Å². The molecule has 106 valence electrons. The van der Waals surface area contributed by atoms with Gasteiger partial charge in [0.2, 0.25) is 0 Å². The number of nitrogens with one attached hydrogen (secondary N) is 1. The van der Waals surface area contributed by atoms with Gasteiger partial charge in [-0.2, -0.15) is 0 Å². The molecule has 1 aliphatic rings. The van der Waals surface area contributed by atoms with Gasteiger partial charge in [-0.05, 0) is 70.8 Å². The highest BCUT2D eigenvalue weighted by Crippen LogP contribution is 2.21. The number of hydrogen-bond donors (Lipinski definition) is 1. The minimum absolute atomic E-state index is 1.08. The average molecular weight is 260 g/mol. The predicted octanol–water partition coefficient (Wildman–Crippen LogP) is 3.90. The number of anilines is 1. The molecule has 0 unspecified atom stereocenters. The lowest BCUT2D eigenvalue weighted by molar-refractivity contribution is 0.228. The lowest BCUT2D eigenvalue weighted by Gasteiger charge is -2.26. The molecular formula is C17H28N2. The third-order valence-corrected chi connectivity index (χ3v) is 4.08. The van der Waals surface area contributed by atoms with Gasteiger partial charge in [0.05, 0.1) is 0 Å². The molecule has 0 bridgehead atoms. The van der Waals surface area contributed by atoms with E-state index in [1.165, 1.54) is 67.7 Å². The van der Waals surface area contributed by atoms with E-state index in [9.17, 15) is 0 Å². The highest BCUT2D eigenvalue weighted by molar-refractivity contribution is 5.58. The SMILES string of the molecule is Cc1cc(C)c(NCCCN2CCCCC2)c(C)c1. The standard InChI is InChI=1S/C17H28N2/c1-14-12-15(2)17(16(3)13-14)18-8-7-11-19-9-5-4-6-10-19/h12-13,18H,4-11H2,1-3H3. The number of likely N-dealkylation sites (tertiary alicyclic amines) is 1. The molecule has 1 saturated heterocycles. The maximum absolute atomic E-state index is 3.62. The first kappa shape index (κ1) is 14.4. The van der Waals surface area contributed by atoms with Crippen LogP contribution in [0.25, 0.3) is 0 Å². The summed E-state index contributed by atoms with van der Waals surface area (Å²) in [6, 6.07) is 4.53. The molecule has 0 atom stereocenters. The summed E-state index contributed by atoms with van der Waals surface area (Å²) in [5, 5.41) is 3.62. The smallest absolute Gasteiger partial charge is 0.0399 e. The average Bonchev–Trinajstić information content (AvgIpc) is 2.38. The van der Waals surface area contributed by atoms with E-state index in [0.29, 0.717) is 0 Å². The summed E-state index contributed by atoms with van der Waals surface area (Å²) in [5.74, 6) is 0. The third kappa shape index (κ3) is 4.24. The summed E-state index contributed by atoms with van der Waals surface area (Å²) in [7, 11) is 0. The van der Waals surface area contributed by atoms with Crippen LogP contribution in [0.15, 0.2) is 12.1 Å². The zero-order valence-electron chi connectivity index (χ0n) is 12.8. The van der Waals surface area contributed by atoms with Crippen molar-refractivity contribution in [3.05, 3.63) is 28.8 Å². The van der Waals surface area contributed by atoms with Crippen molar-refractivity contribution in [1.82, 2.24) is 4.90 Å². The molecule has 1 aromatic rings. The fourth-order valence-electron chi connectivity index (χ4n) is 3.16. The van der Waals surface area contributed by atoms with Gasteiger partial charge in [0.15, 0.2) is 0 Å². The molecule has 0 radical (unpaired) electrons. The van der Waals surface area contributed by atoms with Crippen LogP contribution < -0.4 is 5.32 Å². The first-order chi connectivity index (χ1) is 9.16. The molecule has 0 aliphatic carbocycles. The van der Waals surface area contributed by atoms with E-state index in [1.807, 2.05) is 0 Å². The van der Waals surface area contributed by atoms with Crippen molar-refractivity contribution in [3.63, 3.8) is 0 Å². The van der Waals surface area contributed by atoms with Crippen LogP contribution in [0.2, 0.25) is 0 Å². The van der Waals surface area contributed by atoms with Crippen molar-refractivity contribution in [2.24, 2.45) is 0 Å². The van der Waals surface area contributed by atoms with Gasteiger partial charge in [-0.3, -0.25) is 0 Å². The molecule has 19 heavy (non-hydrogen) atoms. The predicted molar refractivity (Wildman–Crippen MR) is 84.1 cm³/mol. The second-order valence-corrected chi connectivity index (χ2v) is 5.96. The number of piperidine rings is 1. The summed E-state index contributed by atoms with van der Waals surface area (Å²) in [6.07, 6.45) is 5.45. The number of benzene rings is 1. The molecule has 1 N–H and O–H groups in total. The molecule has 1 heterocycles. The van der Waals surface area contributed by atoms with Gasteiger partial charge < -0.3 is 10.2 Å². The van der Waals surface area contributed by atoms with Gasteiger partial charge in [0, 0.05) is 12.2 Å². The van der Waals surface area contributed by atoms with E-state index in [2.05, 4.69) is 43.1 Å². The molecular weight excluding hydrogens is 232 g/mol. The van der Waals surface area contributed by atoms with Crippen LogP contribution in [0.4, 0.5) is 5.69 Å². The number of hydrogen-bond acceptors (Lipinski definition) is 2. The first-order valence-electron chi connectivity index (χ1n) is 7.71. The lowest BCUT2D eigenvalue weighted by Crippen LogP contribution is -2.31. The number of aryl methyl sites for hydroxylation is 3. The summed E-state index contributed by atoms with van der Waals surface area (Å²) in [6.45, 7) is 11.5. The third-order valence-electron chi connectivity index (χ3n) is 4.08. The lowest BCUT2D eigenvalue weighted by atomic mass is 10.1. The van der Waals surface area contributed by atoms with Crippen LogP contribution >= 0.6 is 0 Å². The Balaban J connectivity index is 1.76. The van der Waals surface area contributed by atoms with Crippen LogP contribution in [0.5, 0.6) is 0 Å². The molecule has 2 nitrogen and oxygen atoms in total. The largest absolute Gasteiger partial charge is 0.385 e. The van der Waals surface area contributed by atoms with Crippen molar-refractivity contribution in [1.29, 1.82) is 0 Å². The van der Waals surface area contributed by atoms with Crippen molar-refractivity contribution < 1.29 is 0 Å². The van der Waals surface area contributed by atoms with Crippen molar-refractivity contribution in [2.45, 2.75) is 46.5 Å². The van der Waals surface area contributed by atoms with Gasteiger partial charge in [-0.1, -0.05) is 24.1 Å². The van der Waals surface area contributed by atoms with Crippen LogP contribution in [0, 0.1) is 20.8 Å². The number of rotatable bonds is 5. The summed E-state index contributed by atoms with van der Waals surface area (Å²) < 4.78 is 0. The van der Waals surface area contributed by atoms with Crippen LogP contribution in [0.1, 0.15) is 42.4 Å². The Hall–Kier alpha value is -1.02. The Morgan fingerprint density at radius 1 is 1.00 bits per heavy atom. The molecule has 0 aromatic heterocycles.